The van der Waals surface area contributed by atoms with Gasteiger partial charge in [-0.25, -0.2) is 9.78 Å². The molecular weight excluding hydrogens is 334 g/mol. The quantitative estimate of drug-likeness (QED) is 0.348. The zero-order chi connectivity index (χ0) is 18.8. The minimum Gasteiger partial charge on any atom is -0.423 e. The molecule has 0 atom stereocenters. The highest BCUT2D eigenvalue weighted by molar-refractivity contribution is 6.05. The molecule has 0 spiro atoms. The number of hydrogen-bond donors (Lipinski definition) is 0. The molecule has 0 fully saturated rings. The van der Waals surface area contributed by atoms with Crippen LogP contribution in [0.3, 0.4) is 0 Å². The summed E-state index contributed by atoms with van der Waals surface area (Å²) in [4.78, 5) is 17.7. The summed E-state index contributed by atoms with van der Waals surface area (Å²) in [5.74, 6) is 0.162. The van der Waals surface area contributed by atoms with Crippen molar-refractivity contribution < 1.29 is 9.53 Å². The van der Waals surface area contributed by atoms with Crippen LogP contribution in [0, 0.1) is 13.8 Å². The van der Waals surface area contributed by atoms with Crippen LogP contribution in [-0.2, 0) is 0 Å². The van der Waals surface area contributed by atoms with E-state index in [1.54, 1.807) is 6.07 Å². The number of fused-ring (bicyclic) bond motifs is 1. The van der Waals surface area contributed by atoms with Crippen molar-refractivity contribution in [2.45, 2.75) is 13.8 Å². The lowest BCUT2D eigenvalue weighted by Crippen LogP contribution is -2.10. The molecule has 0 aliphatic heterocycles. The van der Waals surface area contributed by atoms with Crippen molar-refractivity contribution in [1.29, 1.82) is 0 Å². The average Bonchev–Trinajstić information content (AvgIpc) is 2.68. The molecule has 4 rings (SSSR count). The Morgan fingerprint density at radius 1 is 0.815 bits per heavy atom. The Hall–Kier alpha value is -3.46. The van der Waals surface area contributed by atoms with Gasteiger partial charge in [0.1, 0.15) is 5.75 Å². The van der Waals surface area contributed by atoms with E-state index in [9.17, 15) is 4.79 Å². The Kier molecular flexibility index (Phi) is 4.43. The summed E-state index contributed by atoms with van der Waals surface area (Å²) >= 11 is 0. The van der Waals surface area contributed by atoms with Gasteiger partial charge in [0.25, 0.3) is 0 Å². The Bertz CT molecular complexity index is 1130. The van der Waals surface area contributed by atoms with Gasteiger partial charge >= 0.3 is 5.97 Å². The van der Waals surface area contributed by atoms with Gasteiger partial charge in [-0.15, -0.1) is 0 Å². The third-order valence-electron chi connectivity index (χ3n) is 4.45. The molecule has 1 aromatic heterocycles. The molecule has 0 aliphatic rings. The van der Waals surface area contributed by atoms with E-state index in [1.165, 1.54) is 0 Å². The lowest BCUT2D eigenvalue weighted by molar-refractivity contribution is 0.0737. The third-order valence-corrected chi connectivity index (χ3v) is 4.45. The number of aromatic nitrogens is 1. The summed E-state index contributed by atoms with van der Waals surface area (Å²) < 4.78 is 5.65. The van der Waals surface area contributed by atoms with Gasteiger partial charge in [0, 0.05) is 10.9 Å². The molecule has 0 aliphatic carbocycles. The minimum absolute atomic E-state index is 0.379. The maximum atomic E-state index is 13.0. The number of ether oxygens (including phenoxy) is 1. The Morgan fingerprint density at radius 3 is 2.37 bits per heavy atom. The van der Waals surface area contributed by atoms with E-state index in [-0.39, 0.29) is 5.97 Å². The first-order valence-electron chi connectivity index (χ1n) is 8.86. The molecule has 132 valence electrons. The standard InChI is InChI=1S/C24H19NO2/c1-16-7-6-10-19(13-16)27-24(26)21-15-23(18-8-4-3-5-9-18)25-22-12-11-17(2)14-20(21)22/h3-15H,1-2H3. The maximum Gasteiger partial charge on any atom is 0.344 e. The number of carbonyl (C=O) groups excluding carboxylic acids is 1. The molecule has 1 heterocycles. The topological polar surface area (TPSA) is 39.2 Å². The molecule has 0 saturated heterocycles. The zero-order valence-electron chi connectivity index (χ0n) is 15.3. The number of nitrogens with zero attached hydrogens (tertiary/aromatic N) is 1. The van der Waals surface area contributed by atoms with Crippen molar-refractivity contribution in [3.8, 4) is 17.0 Å². The number of aryl methyl sites for hydroxylation is 2. The van der Waals surface area contributed by atoms with E-state index < -0.39 is 0 Å². The number of pyridine rings is 1. The van der Waals surface area contributed by atoms with Crippen LogP contribution in [0.15, 0.2) is 78.9 Å². The van der Waals surface area contributed by atoms with Gasteiger partial charge in [-0.1, -0.05) is 54.1 Å². The molecule has 0 bridgehead atoms. The van der Waals surface area contributed by atoms with Gasteiger partial charge in [0.05, 0.1) is 16.8 Å². The molecule has 0 radical (unpaired) electrons. The third kappa shape index (κ3) is 3.58. The van der Waals surface area contributed by atoms with Crippen molar-refractivity contribution in [2.24, 2.45) is 0 Å². The van der Waals surface area contributed by atoms with Gasteiger partial charge in [-0.2, -0.15) is 0 Å². The molecule has 3 nitrogen and oxygen atoms in total. The minimum atomic E-state index is -0.379. The van der Waals surface area contributed by atoms with E-state index >= 15 is 0 Å². The van der Waals surface area contributed by atoms with E-state index in [0.717, 1.165) is 33.3 Å². The lowest BCUT2D eigenvalue weighted by Gasteiger charge is -2.11. The summed E-state index contributed by atoms with van der Waals surface area (Å²) in [5.41, 5.74) is 5.12. The van der Waals surface area contributed by atoms with Crippen LogP contribution in [0.1, 0.15) is 21.5 Å². The largest absolute Gasteiger partial charge is 0.423 e. The van der Waals surface area contributed by atoms with Gasteiger partial charge in [-0.05, 0) is 49.7 Å². The SMILES string of the molecule is Cc1cccc(OC(=O)c2cc(-c3ccccc3)nc3ccc(C)cc23)c1. The highest BCUT2D eigenvalue weighted by Crippen LogP contribution is 2.27. The van der Waals surface area contributed by atoms with Gasteiger partial charge in [0.2, 0.25) is 0 Å². The fourth-order valence-corrected chi connectivity index (χ4v) is 3.11. The van der Waals surface area contributed by atoms with Crippen molar-refractivity contribution in [3.63, 3.8) is 0 Å². The van der Waals surface area contributed by atoms with Crippen LogP contribution < -0.4 is 4.74 Å². The Morgan fingerprint density at radius 2 is 1.59 bits per heavy atom. The molecule has 0 amide bonds. The van der Waals surface area contributed by atoms with E-state index in [2.05, 4.69) is 0 Å². The fourth-order valence-electron chi connectivity index (χ4n) is 3.11. The predicted molar refractivity (Wildman–Crippen MR) is 108 cm³/mol. The van der Waals surface area contributed by atoms with Crippen molar-refractivity contribution in [1.82, 2.24) is 4.98 Å². The second-order valence-electron chi connectivity index (χ2n) is 6.65. The smallest absolute Gasteiger partial charge is 0.344 e. The molecule has 27 heavy (non-hydrogen) atoms. The number of carbonyl (C=O) groups is 1. The Labute approximate surface area is 158 Å². The first-order chi connectivity index (χ1) is 13.1. The summed E-state index contributed by atoms with van der Waals surface area (Å²) in [7, 11) is 0. The molecule has 3 aromatic carbocycles. The first-order valence-corrected chi connectivity index (χ1v) is 8.86. The number of esters is 1. The normalized spacial score (nSPS) is 10.7. The molecule has 3 heteroatoms. The highest BCUT2D eigenvalue weighted by Gasteiger charge is 2.16. The maximum absolute atomic E-state index is 13.0. The van der Waals surface area contributed by atoms with Crippen LogP contribution in [-0.4, -0.2) is 11.0 Å². The summed E-state index contributed by atoms with van der Waals surface area (Å²) in [6.45, 7) is 3.97. The zero-order valence-corrected chi connectivity index (χ0v) is 15.3. The first kappa shape index (κ1) is 17.0. The molecule has 0 unspecified atom stereocenters. The molecule has 0 saturated carbocycles. The predicted octanol–water partition coefficient (Wildman–Crippen LogP) is 5.74. The van der Waals surface area contributed by atoms with E-state index in [1.807, 2.05) is 86.6 Å². The summed E-state index contributed by atoms with van der Waals surface area (Å²) in [5, 5.41) is 0.798. The van der Waals surface area contributed by atoms with Gasteiger partial charge in [-0.3, -0.25) is 0 Å². The fraction of sp³-hybridized carbons (Fsp3) is 0.0833. The second-order valence-corrected chi connectivity index (χ2v) is 6.65. The summed E-state index contributed by atoms with van der Waals surface area (Å²) in [6.07, 6.45) is 0. The van der Waals surface area contributed by atoms with Crippen LogP contribution in [0.4, 0.5) is 0 Å². The summed E-state index contributed by atoms with van der Waals surface area (Å²) in [6, 6.07) is 25.1. The van der Waals surface area contributed by atoms with E-state index in [4.69, 9.17) is 9.72 Å². The second kappa shape index (κ2) is 7.04. The van der Waals surface area contributed by atoms with Crippen LogP contribution in [0.25, 0.3) is 22.2 Å². The van der Waals surface area contributed by atoms with Crippen molar-refractivity contribution >= 4 is 16.9 Å². The highest BCUT2D eigenvalue weighted by atomic mass is 16.5. The van der Waals surface area contributed by atoms with Crippen LogP contribution in [0.2, 0.25) is 0 Å². The van der Waals surface area contributed by atoms with Crippen LogP contribution >= 0.6 is 0 Å². The van der Waals surface area contributed by atoms with Crippen LogP contribution in [0.5, 0.6) is 5.75 Å². The monoisotopic (exact) mass is 353 g/mol. The van der Waals surface area contributed by atoms with Gasteiger partial charge < -0.3 is 4.74 Å². The molecule has 0 N–H and O–H groups in total. The number of benzene rings is 3. The molecular formula is C24H19NO2. The van der Waals surface area contributed by atoms with E-state index in [0.29, 0.717) is 11.3 Å². The lowest BCUT2D eigenvalue weighted by atomic mass is 10.0. The van der Waals surface area contributed by atoms with Crippen molar-refractivity contribution in [2.75, 3.05) is 0 Å². The number of hydrogen-bond acceptors (Lipinski definition) is 3. The van der Waals surface area contributed by atoms with Crippen molar-refractivity contribution in [3.05, 3.63) is 95.6 Å². The Balaban J connectivity index is 1.84. The van der Waals surface area contributed by atoms with Gasteiger partial charge in [0.15, 0.2) is 0 Å². The number of rotatable bonds is 3. The molecule has 4 aromatic rings. The average molecular weight is 353 g/mol.